The maximum Gasteiger partial charge on any atom is 0.412 e. The Hall–Kier alpha value is -3.95. The van der Waals surface area contributed by atoms with Crippen LogP contribution >= 0.6 is 11.8 Å². The van der Waals surface area contributed by atoms with Crippen LogP contribution in [0.2, 0.25) is 0 Å². The summed E-state index contributed by atoms with van der Waals surface area (Å²) in [5, 5.41) is 14.6. The summed E-state index contributed by atoms with van der Waals surface area (Å²) < 4.78 is 11.3. The van der Waals surface area contributed by atoms with Crippen molar-refractivity contribution < 1.29 is 24.2 Å². The minimum Gasteiger partial charge on any atom is -0.491 e. The number of rotatable bonds is 11. The molecule has 194 valence electrons. The van der Waals surface area contributed by atoms with E-state index in [9.17, 15) is 9.59 Å². The number of hydrogen-bond acceptors (Lipinski definition) is 7. The van der Waals surface area contributed by atoms with E-state index in [-0.39, 0.29) is 25.0 Å². The van der Waals surface area contributed by atoms with E-state index < -0.39 is 12.2 Å². The smallest absolute Gasteiger partial charge is 0.412 e. The number of amides is 2. The first-order chi connectivity index (χ1) is 17.9. The Balaban J connectivity index is 1.77. The van der Waals surface area contributed by atoms with Crippen molar-refractivity contribution in [3.05, 3.63) is 90.5 Å². The molecule has 0 aliphatic rings. The summed E-state index contributed by atoms with van der Waals surface area (Å²) in [5.41, 5.74) is 8.15. The largest absolute Gasteiger partial charge is 0.491 e. The van der Waals surface area contributed by atoms with Gasteiger partial charge in [-0.05, 0) is 66.4 Å². The molecule has 0 unspecified atom stereocenters. The first-order valence-corrected chi connectivity index (χ1v) is 12.9. The van der Waals surface area contributed by atoms with Gasteiger partial charge in [-0.1, -0.05) is 37.3 Å². The van der Waals surface area contributed by atoms with Crippen molar-refractivity contribution in [2.75, 3.05) is 35.8 Å². The number of nitrogens with two attached hydrogens (primary N) is 1. The lowest BCUT2D eigenvalue weighted by atomic mass is 9.96. The first kappa shape index (κ1) is 27.6. The molecule has 9 heteroatoms. The topological polar surface area (TPSA) is 123 Å². The van der Waals surface area contributed by atoms with Crippen molar-refractivity contribution >= 4 is 40.8 Å². The maximum absolute atomic E-state index is 12.8. The third-order valence-electron chi connectivity index (χ3n) is 5.36. The van der Waals surface area contributed by atoms with Gasteiger partial charge in [0, 0.05) is 16.5 Å². The number of carbonyl (C=O) groups excluding carboxylic acids is 2. The summed E-state index contributed by atoms with van der Waals surface area (Å²) in [5.74, 6) is -0.208. The van der Waals surface area contributed by atoms with Gasteiger partial charge in [0.05, 0.1) is 18.0 Å². The van der Waals surface area contributed by atoms with Gasteiger partial charge in [-0.3, -0.25) is 10.1 Å². The zero-order valence-corrected chi connectivity index (χ0v) is 21.5. The van der Waals surface area contributed by atoms with Crippen LogP contribution in [0.3, 0.4) is 0 Å². The molecule has 3 aromatic rings. The quantitative estimate of drug-likeness (QED) is 0.150. The highest BCUT2D eigenvalue weighted by Crippen LogP contribution is 2.30. The Morgan fingerprint density at radius 2 is 1.81 bits per heavy atom. The van der Waals surface area contributed by atoms with Crippen molar-refractivity contribution in [1.82, 2.24) is 0 Å². The molecule has 0 saturated carbocycles. The number of nitrogens with one attached hydrogen (secondary N) is 2. The molecule has 0 aliphatic carbocycles. The van der Waals surface area contributed by atoms with Crippen molar-refractivity contribution in [2.24, 2.45) is 5.92 Å². The van der Waals surface area contributed by atoms with Crippen LogP contribution in [-0.4, -0.2) is 36.6 Å². The molecule has 3 aromatic carbocycles. The second kappa shape index (κ2) is 14.0. The average molecular weight is 522 g/mol. The predicted molar refractivity (Wildman–Crippen MR) is 148 cm³/mol. The predicted octanol–water partition coefficient (Wildman–Crippen LogP) is 5.48. The molecular formula is C28H31N3O5S. The van der Waals surface area contributed by atoms with Crippen LogP contribution in [0.4, 0.5) is 21.9 Å². The Morgan fingerprint density at radius 1 is 1.05 bits per heavy atom. The number of thioether (sulfide) groups is 1. The molecule has 2 amide bonds. The van der Waals surface area contributed by atoms with Gasteiger partial charge in [-0.25, -0.2) is 4.79 Å². The highest BCUT2D eigenvalue weighted by Gasteiger charge is 2.23. The molecule has 0 aromatic heterocycles. The van der Waals surface area contributed by atoms with Crippen LogP contribution < -0.4 is 21.1 Å². The molecule has 5 N–H and O–H groups in total. The van der Waals surface area contributed by atoms with Crippen molar-refractivity contribution in [2.45, 2.75) is 17.9 Å². The second-order valence-electron chi connectivity index (χ2n) is 8.12. The van der Waals surface area contributed by atoms with E-state index >= 15 is 0 Å². The standard InChI is InChI=1S/C28H31N3O5S/c1-19(10-15-26(33)31-25-9-4-3-8-24(25)29)27(20-6-5-7-22(18-20)35-17-16-32)36-28(34)30-21-11-13-23(37-2)14-12-21/h3-15,18-19,27,32H,16-17,29H2,1-2H3,(H,30,34)(H,31,33)/b15-10+/t19-,27+/m1/s1. The molecule has 0 heterocycles. The Bertz CT molecular complexity index is 1220. The Labute approximate surface area is 220 Å². The van der Waals surface area contributed by atoms with Gasteiger partial charge in [0.25, 0.3) is 0 Å². The number of ether oxygens (including phenoxy) is 2. The molecule has 0 aliphatic heterocycles. The molecule has 8 nitrogen and oxygen atoms in total. The zero-order chi connectivity index (χ0) is 26.6. The fraction of sp³-hybridized carbons (Fsp3) is 0.214. The lowest BCUT2D eigenvalue weighted by molar-refractivity contribution is -0.111. The summed E-state index contributed by atoms with van der Waals surface area (Å²) in [4.78, 5) is 26.4. The third-order valence-corrected chi connectivity index (χ3v) is 6.11. The van der Waals surface area contributed by atoms with Crippen LogP contribution in [0.15, 0.2) is 89.8 Å². The summed E-state index contributed by atoms with van der Waals surface area (Å²) in [6, 6.07) is 21.5. The van der Waals surface area contributed by atoms with E-state index in [1.54, 1.807) is 72.4 Å². The number of aliphatic hydroxyl groups is 1. The number of benzene rings is 3. The molecule has 0 bridgehead atoms. The number of aliphatic hydroxyl groups excluding tert-OH is 1. The maximum atomic E-state index is 12.8. The van der Waals surface area contributed by atoms with Crippen LogP contribution in [0.1, 0.15) is 18.6 Å². The summed E-state index contributed by atoms with van der Waals surface area (Å²) in [6.45, 7) is 1.86. The van der Waals surface area contributed by atoms with E-state index in [0.717, 1.165) is 4.90 Å². The van der Waals surface area contributed by atoms with Crippen LogP contribution in [0.25, 0.3) is 0 Å². The van der Waals surface area contributed by atoms with Crippen LogP contribution in [0.5, 0.6) is 5.75 Å². The molecule has 3 rings (SSSR count). The normalized spacial score (nSPS) is 12.5. The molecule has 0 radical (unpaired) electrons. The van der Waals surface area contributed by atoms with E-state index in [2.05, 4.69) is 10.6 Å². The monoisotopic (exact) mass is 521 g/mol. The van der Waals surface area contributed by atoms with Gasteiger partial charge >= 0.3 is 6.09 Å². The summed E-state index contributed by atoms with van der Waals surface area (Å²) in [7, 11) is 0. The Morgan fingerprint density at radius 3 is 2.51 bits per heavy atom. The van der Waals surface area contributed by atoms with Crippen LogP contribution in [0, 0.1) is 5.92 Å². The molecule has 37 heavy (non-hydrogen) atoms. The van der Waals surface area contributed by atoms with Crippen molar-refractivity contribution in [1.29, 1.82) is 0 Å². The van der Waals surface area contributed by atoms with E-state index in [1.165, 1.54) is 6.08 Å². The lowest BCUT2D eigenvalue weighted by Crippen LogP contribution is -2.21. The number of hydrogen-bond donors (Lipinski definition) is 4. The highest BCUT2D eigenvalue weighted by molar-refractivity contribution is 7.98. The number of para-hydroxylation sites is 2. The lowest BCUT2D eigenvalue weighted by Gasteiger charge is -2.23. The molecule has 0 saturated heterocycles. The van der Waals surface area contributed by atoms with Gasteiger partial charge < -0.3 is 25.6 Å². The van der Waals surface area contributed by atoms with E-state index in [4.69, 9.17) is 20.3 Å². The third kappa shape index (κ3) is 8.59. The molecule has 2 atom stereocenters. The molecule has 0 spiro atoms. The SMILES string of the molecule is CSc1ccc(NC(=O)O[C@H](c2cccc(OCCO)c2)[C@H](C)/C=C/C(=O)Nc2ccccc2N)cc1. The summed E-state index contributed by atoms with van der Waals surface area (Å²) >= 11 is 1.61. The van der Waals surface area contributed by atoms with Gasteiger partial charge in [0.1, 0.15) is 18.5 Å². The van der Waals surface area contributed by atoms with Gasteiger partial charge in [-0.15, -0.1) is 11.8 Å². The van der Waals surface area contributed by atoms with E-state index in [0.29, 0.717) is 28.4 Å². The number of nitrogen functional groups attached to an aromatic ring is 1. The summed E-state index contributed by atoms with van der Waals surface area (Å²) in [6.07, 6.45) is 3.67. The molecular weight excluding hydrogens is 490 g/mol. The number of anilines is 3. The van der Waals surface area contributed by atoms with Gasteiger partial charge in [-0.2, -0.15) is 0 Å². The minimum absolute atomic E-state index is 0.123. The highest BCUT2D eigenvalue weighted by atomic mass is 32.2. The fourth-order valence-electron chi connectivity index (χ4n) is 3.49. The van der Waals surface area contributed by atoms with Crippen molar-refractivity contribution in [3.8, 4) is 5.75 Å². The first-order valence-electron chi connectivity index (χ1n) is 11.7. The molecule has 0 fully saturated rings. The second-order valence-corrected chi connectivity index (χ2v) is 9.00. The van der Waals surface area contributed by atoms with E-state index in [1.807, 2.05) is 31.4 Å². The minimum atomic E-state index is -0.728. The average Bonchev–Trinajstić information content (AvgIpc) is 2.91. The zero-order valence-electron chi connectivity index (χ0n) is 20.7. The van der Waals surface area contributed by atoms with Gasteiger partial charge in [0.15, 0.2) is 0 Å². The fourth-order valence-corrected chi connectivity index (χ4v) is 3.89. The van der Waals surface area contributed by atoms with Gasteiger partial charge in [0.2, 0.25) is 5.91 Å². The Kier molecular flexibility index (Phi) is 10.4. The number of carbonyl (C=O) groups is 2. The van der Waals surface area contributed by atoms with Crippen LogP contribution in [-0.2, 0) is 9.53 Å². The van der Waals surface area contributed by atoms with Crippen molar-refractivity contribution in [3.63, 3.8) is 0 Å².